The number of amides is 1. The molecule has 2 rings (SSSR count). The van der Waals surface area contributed by atoms with E-state index in [2.05, 4.69) is 19.2 Å². The maximum atomic E-state index is 12.2. The van der Waals surface area contributed by atoms with Gasteiger partial charge in [-0.2, -0.15) is 0 Å². The number of para-hydroxylation sites is 1. The standard InChI is InChI=1S/C21H27NO5/c1-14(2)16-8-6-7-9-17(16)27-13-19(23)22-12-15-10-11-18(24-3)21(26-5)20(15)25-4/h6-11,14H,12-13H2,1-5H3,(H,22,23). The van der Waals surface area contributed by atoms with Crippen LogP contribution in [0, 0.1) is 0 Å². The van der Waals surface area contributed by atoms with Gasteiger partial charge in [-0.05, 0) is 29.7 Å². The summed E-state index contributed by atoms with van der Waals surface area (Å²) in [4.78, 5) is 12.2. The van der Waals surface area contributed by atoms with Gasteiger partial charge in [-0.1, -0.05) is 32.0 Å². The fourth-order valence-electron chi connectivity index (χ4n) is 2.78. The number of hydrogen-bond acceptors (Lipinski definition) is 5. The average Bonchev–Trinajstić information content (AvgIpc) is 2.69. The van der Waals surface area contributed by atoms with Crippen molar-refractivity contribution in [2.24, 2.45) is 0 Å². The van der Waals surface area contributed by atoms with E-state index in [1.54, 1.807) is 27.4 Å². The molecule has 27 heavy (non-hydrogen) atoms. The van der Waals surface area contributed by atoms with Gasteiger partial charge in [0.05, 0.1) is 21.3 Å². The predicted molar refractivity (Wildman–Crippen MR) is 104 cm³/mol. The van der Waals surface area contributed by atoms with Crippen LogP contribution in [0.5, 0.6) is 23.0 Å². The van der Waals surface area contributed by atoms with Crippen LogP contribution in [-0.2, 0) is 11.3 Å². The minimum absolute atomic E-state index is 0.0562. The second-order valence-electron chi connectivity index (χ2n) is 6.25. The maximum Gasteiger partial charge on any atom is 0.258 e. The van der Waals surface area contributed by atoms with Crippen molar-refractivity contribution in [2.75, 3.05) is 27.9 Å². The van der Waals surface area contributed by atoms with Gasteiger partial charge in [-0.25, -0.2) is 0 Å². The predicted octanol–water partition coefficient (Wildman–Crippen LogP) is 3.53. The fraction of sp³-hybridized carbons (Fsp3) is 0.381. The van der Waals surface area contributed by atoms with Gasteiger partial charge in [0.25, 0.3) is 5.91 Å². The molecule has 0 spiro atoms. The summed E-state index contributed by atoms with van der Waals surface area (Å²) in [6.07, 6.45) is 0. The first-order chi connectivity index (χ1) is 13.0. The van der Waals surface area contributed by atoms with Crippen LogP contribution in [0.4, 0.5) is 0 Å². The second-order valence-corrected chi connectivity index (χ2v) is 6.25. The number of benzene rings is 2. The minimum Gasteiger partial charge on any atom is -0.493 e. The molecule has 2 aromatic rings. The first-order valence-electron chi connectivity index (χ1n) is 8.78. The molecule has 2 aromatic carbocycles. The van der Waals surface area contributed by atoms with E-state index in [-0.39, 0.29) is 19.1 Å². The van der Waals surface area contributed by atoms with E-state index in [1.807, 2.05) is 30.3 Å². The third kappa shape index (κ3) is 5.06. The molecule has 1 N–H and O–H groups in total. The molecular weight excluding hydrogens is 346 g/mol. The monoisotopic (exact) mass is 373 g/mol. The van der Waals surface area contributed by atoms with Crippen LogP contribution in [0.15, 0.2) is 36.4 Å². The molecule has 0 aliphatic heterocycles. The molecule has 0 radical (unpaired) electrons. The van der Waals surface area contributed by atoms with Crippen molar-refractivity contribution >= 4 is 5.91 Å². The van der Waals surface area contributed by atoms with Gasteiger partial charge in [0, 0.05) is 12.1 Å². The topological polar surface area (TPSA) is 66.0 Å². The van der Waals surface area contributed by atoms with Crippen LogP contribution in [0.25, 0.3) is 0 Å². The second kappa shape index (κ2) is 9.71. The number of ether oxygens (including phenoxy) is 4. The van der Waals surface area contributed by atoms with Crippen LogP contribution in [0.2, 0.25) is 0 Å². The Labute approximate surface area is 160 Å². The van der Waals surface area contributed by atoms with E-state index < -0.39 is 0 Å². The summed E-state index contributed by atoms with van der Waals surface area (Å²) in [5.74, 6) is 2.42. The lowest BCUT2D eigenvalue weighted by molar-refractivity contribution is -0.123. The number of nitrogens with one attached hydrogen (secondary N) is 1. The molecule has 6 nitrogen and oxygen atoms in total. The van der Waals surface area contributed by atoms with Crippen molar-refractivity contribution in [1.29, 1.82) is 0 Å². The summed E-state index contributed by atoms with van der Waals surface area (Å²) >= 11 is 0. The molecule has 0 aliphatic rings. The molecule has 0 bridgehead atoms. The van der Waals surface area contributed by atoms with Gasteiger partial charge in [0.1, 0.15) is 5.75 Å². The average molecular weight is 373 g/mol. The minimum atomic E-state index is -0.217. The number of rotatable bonds is 9. The highest BCUT2D eigenvalue weighted by molar-refractivity contribution is 5.77. The first kappa shape index (κ1) is 20.4. The normalized spacial score (nSPS) is 10.4. The van der Waals surface area contributed by atoms with Gasteiger partial charge in [-0.15, -0.1) is 0 Å². The number of carbonyl (C=O) groups is 1. The van der Waals surface area contributed by atoms with Crippen LogP contribution >= 0.6 is 0 Å². The molecule has 0 atom stereocenters. The molecule has 0 saturated heterocycles. The third-order valence-electron chi connectivity index (χ3n) is 4.16. The van der Waals surface area contributed by atoms with Crippen LogP contribution in [0.1, 0.15) is 30.9 Å². The van der Waals surface area contributed by atoms with E-state index >= 15 is 0 Å². The number of hydrogen-bond donors (Lipinski definition) is 1. The zero-order chi connectivity index (χ0) is 19.8. The summed E-state index contributed by atoms with van der Waals surface area (Å²) in [7, 11) is 4.66. The third-order valence-corrected chi connectivity index (χ3v) is 4.16. The maximum absolute atomic E-state index is 12.2. The molecule has 0 fully saturated rings. The van der Waals surface area contributed by atoms with Crippen molar-refractivity contribution in [3.05, 3.63) is 47.5 Å². The number of carbonyl (C=O) groups excluding carboxylic acids is 1. The lowest BCUT2D eigenvalue weighted by Crippen LogP contribution is -2.28. The molecule has 146 valence electrons. The Bertz CT molecular complexity index is 773. The fourth-order valence-corrected chi connectivity index (χ4v) is 2.78. The van der Waals surface area contributed by atoms with Gasteiger partial charge >= 0.3 is 0 Å². The largest absolute Gasteiger partial charge is 0.493 e. The molecule has 1 amide bonds. The Morgan fingerprint density at radius 1 is 0.926 bits per heavy atom. The van der Waals surface area contributed by atoms with Crippen LogP contribution in [-0.4, -0.2) is 33.8 Å². The highest BCUT2D eigenvalue weighted by atomic mass is 16.5. The molecule has 0 aromatic heterocycles. The molecule has 0 saturated carbocycles. The van der Waals surface area contributed by atoms with E-state index in [4.69, 9.17) is 18.9 Å². The van der Waals surface area contributed by atoms with Gasteiger partial charge in [-0.3, -0.25) is 4.79 Å². The summed E-state index contributed by atoms with van der Waals surface area (Å²) in [5, 5.41) is 2.84. The van der Waals surface area contributed by atoms with Gasteiger partial charge in [0.15, 0.2) is 18.1 Å². The first-order valence-corrected chi connectivity index (χ1v) is 8.78. The van der Waals surface area contributed by atoms with E-state index in [1.165, 1.54) is 0 Å². The van der Waals surface area contributed by atoms with Crippen molar-refractivity contribution in [3.63, 3.8) is 0 Å². The van der Waals surface area contributed by atoms with Crippen LogP contribution < -0.4 is 24.3 Å². The Morgan fingerprint density at radius 2 is 1.63 bits per heavy atom. The molecule has 0 heterocycles. The van der Waals surface area contributed by atoms with Crippen molar-refractivity contribution in [2.45, 2.75) is 26.3 Å². The Kier molecular flexibility index (Phi) is 7.34. The summed E-state index contributed by atoms with van der Waals surface area (Å²) in [6, 6.07) is 11.3. The Balaban J connectivity index is 2.00. The van der Waals surface area contributed by atoms with Crippen molar-refractivity contribution in [1.82, 2.24) is 5.32 Å². The molecular formula is C21H27NO5. The highest BCUT2D eigenvalue weighted by Gasteiger charge is 2.16. The van der Waals surface area contributed by atoms with Crippen molar-refractivity contribution < 1.29 is 23.7 Å². The lowest BCUT2D eigenvalue weighted by atomic mass is 10.0. The zero-order valence-corrected chi connectivity index (χ0v) is 16.5. The van der Waals surface area contributed by atoms with E-state index in [9.17, 15) is 4.79 Å². The quantitative estimate of drug-likeness (QED) is 0.728. The SMILES string of the molecule is COc1ccc(CNC(=O)COc2ccccc2C(C)C)c(OC)c1OC. The van der Waals surface area contributed by atoms with E-state index in [0.717, 1.165) is 16.9 Å². The summed E-state index contributed by atoms with van der Waals surface area (Å²) in [5.41, 5.74) is 1.86. The van der Waals surface area contributed by atoms with E-state index in [0.29, 0.717) is 23.2 Å². The smallest absolute Gasteiger partial charge is 0.258 e. The summed E-state index contributed by atoms with van der Waals surface area (Å²) < 4.78 is 21.7. The summed E-state index contributed by atoms with van der Waals surface area (Å²) in [6.45, 7) is 4.41. The molecule has 0 unspecified atom stereocenters. The van der Waals surface area contributed by atoms with Crippen molar-refractivity contribution in [3.8, 4) is 23.0 Å². The van der Waals surface area contributed by atoms with Gasteiger partial charge in [0.2, 0.25) is 5.75 Å². The Hall–Kier alpha value is -2.89. The molecule has 6 heteroatoms. The zero-order valence-electron chi connectivity index (χ0n) is 16.5. The highest BCUT2D eigenvalue weighted by Crippen LogP contribution is 2.39. The lowest BCUT2D eigenvalue weighted by Gasteiger charge is -2.16. The van der Waals surface area contributed by atoms with Gasteiger partial charge < -0.3 is 24.3 Å². The Morgan fingerprint density at radius 3 is 2.26 bits per heavy atom. The number of methoxy groups -OCH3 is 3. The van der Waals surface area contributed by atoms with Crippen LogP contribution in [0.3, 0.4) is 0 Å². The molecule has 0 aliphatic carbocycles.